The van der Waals surface area contributed by atoms with Gasteiger partial charge < -0.3 is 10.1 Å². The third-order valence-corrected chi connectivity index (χ3v) is 2.50. The molecule has 0 aliphatic heterocycles. The lowest BCUT2D eigenvalue weighted by molar-refractivity contribution is 0.462. The number of ether oxygens (including phenoxy) is 1. The molecule has 19 heavy (non-hydrogen) atoms. The number of aromatic nitrogens is 1. The average molecular weight is 253 g/mol. The maximum atomic E-state index is 9.00. The first kappa shape index (κ1) is 12.9. The molecule has 0 aliphatic carbocycles. The number of nitrogens with zero attached hydrogens (tertiary/aromatic N) is 2. The number of nitriles is 1. The van der Waals surface area contributed by atoms with Crippen LogP contribution in [0.1, 0.15) is 18.9 Å². The van der Waals surface area contributed by atoms with Gasteiger partial charge in [-0.3, -0.25) is 0 Å². The zero-order chi connectivity index (χ0) is 13.5. The van der Waals surface area contributed by atoms with Crippen molar-refractivity contribution < 1.29 is 4.74 Å². The summed E-state index contributed by atoms with van der Waals surface area (Å²) in [6.45, 7) is 2.96. The lowest BCUT2D eigenvalue weighted by atomic mass is 10.2. The van der Waals surface area contributed by atoms with E-state index in [9.17, 15) is 0 Å². The van der Waals surface area contributed by atoms with Gasteiger partial charge >= 0.3 is 0 Å². The number of para-hydroxylation sites is 1. The molecule has 1 heterocycles. The van der Waals surface area contributed by atoms with Gasteiger partial charge in [-0.05, 0) is 24.6 Å². The van der Waals surface area contributed by atoms with Crippen molar-refractivity contribution in [3.63, 3.8) is 0 Å². The van der Waals surface area contributed by atoms with E-state index in [1.54, 1.807) is 24.3 Å². The van der Waals surface area contributed by atoms with Crippen LogP contribution < -0.4 is 10.1 Å². The van der Waals surface area contributed by atoms with E-state index in [-0.39, 0.29) is 0 Å². The van der Waals surface area contributed by atoms with E-state index in [0.29, 0.717) is 17.2 Å². The van der Waals surface area contributed by atoms with Crippen molar-refractivity contribution >= 4 is 5.82 Å². The van der Waals surface area contributed by atoms with E-state index in [4.69, 9.17) is 10.00 Å². The number of anilines is 1. The summed E-state index contributed by atoms with van der Waals surface area (Å²) in [7, 11) is 0. The highest BCUT2D eigenvalue weighted by molar-refractivity contribution is 5.45. The van der Waals surface area contributed by atoms with Gasteiger partial charge in [0.2, 0.25) is 5.88 Å². The minimum Gasteiger partial charge on any atom is -0.438 e. The van der Waals surface area contributed by atoms with Crippen LogP contribution in [0.15, 0.2) is 42.5 Å². The van der Waals surface area contributed by atoms with E-state index in [0.717, 1.165) is 18.8 Å². The van der Waals surface area contributed by atoms with E-state index in [2.05, 4.69) is 23.3 Å². The number of pyridine rings is 1. The Morgan fingerprint density at radius 1 is 1.21 bits per heavy atom. The highest BCUT2D eigenvalue weighted by Crippen LogP contribution is 2.23. The largest absolute Gasteiger partial charge is 0.438 e. The summed E-state index contributed by atoms with van der Waals surface area (Å²) >= 11 is 0. The predicted molar refractivity (Wildman–Crippen MR) is 74.2 cm³/mol. The maximum absolute atomic E-state index is 9.00. The second kappa shape index (κ2) is 6.41. The molecule has 0 bridgehead atoms. The highest BCUT2D eigenvalue weighted by Gasteiger charge is 2.04. The molecule has 0 unspecified atom stereocenters. The van der Waals surface area contributed by atoms with Crippen molar-refractivity contribution in [2.45, 2.75) is 13.3 Å². The lowest BCUT2D eigenvalue weighted by Crippen LogP contribution is -2.02. The first-order valence-electron chi connectivity index (χ1n) is 6.21. The summed E-state index contributed by atoms with van der Waals surface area (Å²) in [6, 6.07) is 14.7. The average Bonchev–Trinajstić information content (AvgIpc) is 2.46. The molecule has 96 valence electrons. The molecule has 1 aromatic carbocycles. The summed E-state index contributed by atoms with van der Waals surface area (Å²) in [4.78, 5) is 4.34. The quantitative estimate of drug-likeness (QED) is 0.885. The molecular formula is C15H15N3O. The van der Waals surface area contributed by atoms with Gasteiger partial charge in [-0.1, -0.05) is 25.1 Å². The van der Waals surface area contributed by atoms with Gasteiger partial charge in [0.1, 0.15) is 17.6 Å². The van der Waals surface area contributed by atoms with Crippen LogP contribution in [-0.2, 0) is 0 Å². The Morgan fingerprint density at radius 3 is 2.84 bits per heavy atom. The van der Waals surface area contributed by atoms with Crippen molar-refractivity contribution in [1.29, 1.82) is 5.26 Å². The molecule has 1 aromatic heterocycles. The standard InChI is InChI=1S/C15H15N3O/c1-2-10-17-14-8-5-9-15(18-14)19-13-7-4-3-6-12(13)11-16/h3-9H,2,10H2,1H3,(H,17,18). The molecule has 1 N–H and O–H groups in total. The SMILES string of the molecule is CCCNc1cccc(Oc2ccccc2C#N)n1. The fourth-order valence-corrected chi connectivity index (χ4v) is 1.58. The van der Waals surface area contributed by atoms with Crippen LogP contribution in [0, 0.1) is 11.3 Å². The van der Waals surface area contributed by atoms with E-state index in [1.165, 1.54) is 0 Å². The summed E-state index contributed by atoms with van der Waals surface area (Å²) in [6.07, 6.45) is 1.03. The van der Waals surface area contributed by atoms with Gasteiger partial charge in [-0.25, -0.2) is 0 Å². The molecule has 2 aromatic rings. The van der Waals surface area contributed by atoms with Crippen LogP contribution >= 0.6 is 0 Å². The Balaban J connectivity index is 2.17. The number of hydrogen-bond acceptors (Lipinski definition) is 4. The lowest BCUT2D eigenvalue weighted by Gasteiger charge is -2.08. The fourth-order valence-electron chi connectivity index (χ4n) is 1.58. The number of nitrogens with one attached hydrogen (secondary N) is 1. The van der Waals surface area contributed by atoms with Crippen LogP contribution in [0.2, 0.25) is 0 Å². The van der Waals surface area contributed by atoms with E-state index in [1.807, 2.05) is 18.2 Å². The van der Waals surface area contributed by atoms with Crippen molar-refractivity contribution in [1.82, 2.24) is 4.98 Å². The second-order valence-electron chi connectivity index (χ2n) is 4.00. The Morgan fingerprint density at radius 2 is 2.05 bits per heavy atom. The second-order valence-corrected chi connectivity index (χ2v) is 4.00. The number of hydrogen-bond donors (Lipinski definition) is 1. The van der Waals surface area contributed by atoms with Crippen molar-refractivity contribution in [3.8, 4) is 17.7 Å². The van der Waals surface area contributed by atoms with Crippen LogP contribution in [0.4, 0.5) is 5.82 Å². The predicted octanol–water partition coefficient (Wildman–Crippen LogP) is 3.57. The van der Waals surface area contributed by atoms with Crippen molar-refractivity contribution in [2.24, 2.45) is 0 Å². The third-order valence-electron chi connectivity index (χ3n) is 2.50. The number of benzene rings is 1. The molecule has 4 heteroatoms. The molecule has 0 amide bonds. The van der Waals surface area contributed by atoms with Gasteiger partial charge in [0.15, 0.2) is 0 Å². The number of rotatable bonds is 5. The third kappa shape index (κ3) is 3.46. The van der Waals surface area contributed by atoms with Gasteiger partial charge in [-0.15, -0.1) is 0 Å². The molecule has 4 nitrogen and oxygen atoms in total. The summed E-state index contributed by atoms with van der Waals surface area (Å²) < 4.78 is 5.65. The molecule has 0 spiro atoms. The molecule has 0 saturated carbocycles. The molecule has 0 fully saturated rings. The minimum atomic E-state index is 0.476. The summed E-state index contributed by atoms with van der Waals surface area (Å²) in [5, 5.41) is 12.2. The highest BCUT2D eigenvalue weighted by atomic mass is 16.5. The Labute approximate surface area is 112 Å². The monoisotopic (exact) mass is 253 g/mol. The molecule has 0 atom stereocenters. The summed E-state index contributed by atoms with van der Waals surface area (Å²) in [5.74, 6) is 1.77. The van der Waals surface area contributed by atoms with Gasteiger partial charge in [0.05, 0.1) is 5.56 Å². The molecule has 0 radical (unpaired) electrons. The Kier molecular flexibility index (Phi) is 4.35. The van der Waals surface area contributed by atoms with Crippen LogP contribution in [0.5, 0.6) is 11.6 Å². The minimum absolute atomic E-state index is 0.476. The van der Waals surface area contributed by atoms with E-state index >= 15 is 0 Å². The first-order chi connectivity index (χ1) is 9.33. The topological polar surface area (TPSA) is 57.9 Å². The Hall–Kier alpha value is -2.54. The zero-order valence-electron chi connectivity index (χ0n) is 10.8. The molecule has 2 rings (SSSR count). The van der Waals surface area contributed by atoms with Crippen molar-refractivity contribution in [3.05, 3.63) is 48.0 Å². The maximum Gasteiger partial charge on any atom is 0.221 e. The zero-order valence-corrected chi connectivity index (χ0v) is 10.8. The van der Waals surface area contributed by atoms with Gasteiger partial charge in [-0.2, -0.15) is 10.2 Å². The van der Waals surface area contributed by atoms with E-state index < -0.39 is 0 Å². The molecule has 0 saturated heterocycles. The van der Waals surface area contributed by atoms with Crippen molar-refractivity contribution in [2.75, 3.05) is 11.9 Å². The normalized spacial score (nSPS) is 9.68. The van der Waals surface area contributed by atoms with Crippen LogP contribution in [0.25, 0.3) is 0 Å². The van der Waals surface area contributed by atoms with Gasteiger partial charge in [0.25, 0.3) is 0 Å². The fraction of sp³-hybridized carbons (Fsp3) is 0.200. The molecule has 0 aliphatic rings. The van der Waals surface area contributed by atoms with Crippen LogP contribution in [-0.4, -0.2) is 11.5 Å². The van der Waals surface area contributed by atoms with Gasteiger partial charge in [0, 0.05) is 12.6 Å². The molecular weight excluding hydrogens is 238 g/mol. The Bertz CT molecular complexity index is 590. The first-order valence-corrected chi connectivity index (χ1v) is 6.21. The van der Waals surface area contributed by atoms with Crippen LogP contribution in [0.3, 0.4) is 0 Å². The summed E-state index contributed by atoms with van der Waals surface area (Å²) in [5.41, 5.74) is 0.497. The smallest absolute Gasteiger partial charge is 0.221 e.